The van der Waals surface area contributed by atoms with Gasteiger partial charge in [0.1, 0.15) is 5.75 Å². The molecule has 1 aliphatic rings. The lowest BCUT2D eigenvalue weighted by Crippen LogP contribution is -2.50. The third-order valence-electron chi connectivity index (χ3n) is 3.55. The first-order valence-corrected chi connectivity index (χ1v) is 9.24. The molecule has 0 aromatic heterocycles. The van der Waals surface area contributed by atoms with Crippen LogP contribution in [0, 0.1) is 0 Å². The summed E-state index contributed by atoms with van der Waals surface area (Å²) >= 11 is 0. The number of carbonyl (C=O) groups is 1. The largest absolute Gasteiger partial charge is 0.494 e. The third kappa shape index (κ3) is 4.20. The molecule has 1 heterocycles. The van der Waals surface area contributed by atoms with Crippen LogP contribution in [-0.2, 0) is 10.0 Å². The van der Waals surface area contributed by atoms with Crippen molar-refractivity contribution in [3.8, 4) is 5.75 Å². The molecule has 22 heavy (non-hydrogen) atoms. The number of amides is 1. The zero-order chi connectivity index (χ0) is 16.2. The van der Waals surface area contributed by atoms with Crippen LogP contribution in [0.4, 0.5) is 0 Å². The molecule has 122 valence electrons. The van der Waals surface area contributed by atoms with E-state index in [1.165, 1.54) is 10.6 Å². The topological polar surface area (TPSA) is 66.9 Å². The number of hydrogen-bond acceptors (Lipinski definition) is 4. The molecular formula is C15H22N2O4S. The van der Waals surface area contributed by atoms with Gasteiger partial charge in [-0.1, -0.05) is 13.0 Å². The lowest BCUT2D eigenvalue weighted by atomic mass is 10.1. The maximum atomic E-state index is 12.5. The maximum absolute atomic E-state index is 12.5. The van der Waals surface area contributed by atoms with Crippen molar-refractivity contribution in [2.24, 2.45) is 0 Å². The normalized spacial score (nSPS) is 16.5. The number of nitrogens with zero attached hydrogens (tertiary/aromatic N) is 2. The summed E-state index contributed by atoms with van der Waals surface area (Å²) in [5.74, 6) is 0.595. The monoisotopic (exact) mass is 326 g/mol. The molecular weight excluding hydrogens is 304 g/mol. The molecule has 1 aromatic carbocycles. The van der Waals surface area contributed by atoms with Gasteiger partial charge in [-0.25, -0.2) is 8.42 Å². The molecule has 6 nitrogen and oxygen atoms in total. The molecule has 0 bridgehead atoms. The zero-order valence-corrected chi connectivity index (χ0v) is 13.8. The molecule has 0 atom stereocenters. The highest BCUT2D eigenvalue weighted by Gasteiger charge is 2.26. The van der Waals surface area contributed by atoms with Gasteiger partial charge in [-0.15, -0.1) is 0 Å². The van der Waals surface area contributed by atoms with Crippen LogP contribution in [0.25, 0.3) is 0 Å². The second-order valence-corrected chi connectivity index (χ2v) is 7.31. The summed E-state index contributed by atoms with van der Waals surface area (Å²) in [6.07, 6.45) is 2.10. The van der Waals surface area contributed by atoms with Crippen molar-refractivity contribution in [3.05, 3.63) is 29.8 Å². The molecule has 7 heteroatoms. The molecule has 0 radical (unpaired) electrons. The van der Waals surface area contributed by atoms with E-state index in [-0.39, 0.29) is 5.91 Å². The fourth-order valence-corrected chi connectivity index (χ4v) is 3.17. The minimum atomic E-state index is -3.18. The molecule has 0 aliphatic carbocycles. The molecule has 0 spiro atoms. The average molecular weight is 326 g/mol. The van der Waals surface area contributed by atoms with Gasteiger partial charge in [-0.05, 0) is 24.6 Å². The van der Waals surface area contributed by atoms with Crippen LogP contribution in [0.5, 0.6) is 5.75 Å². The van der Waals surface area contributed by atoms with Crippen LogP contribution >= 0.6 is 0 Å². The Kier molecular flexibility index (Phi) is 5.42. The summed E-state index contributed by atoms with van der Waals surface area (Å²) < 4.78 is 29.9. The Morgan fingerprint density at radius 3 is 2.50 bits per heavy atom. The Labute approximate surface area is 131 Å². The Morgan fingerprint density at radius 1 is 1.23 bits per heavy atom. The average Bonchev–Trinajstić information content (AvgIpc) is 2.52. The van der Waals surface area contributed by atoms with E-state index in [4.69, 9.17) is 4.74 Å². The Balaban J connectivity index is 2.01. The van der Waals surface area contributed by atoms with E-state index >= 15 is 0 Å². The van der Waals surface area contributed by atoms with Gasteiger partial charge >= 0.3 is 0 Å². The summed E-state index contributed by atoms with van der Waals surface area (Å²) in [4.78, 5) is 14.2. The van der Waals surface area contributed by atoms with E-state index in [0.29, 0.717) is 44.1 Å². The molecule has 0 saturated carbocycles. The maximum Gasteiger partial charge on any atom is 0.254 e. The summed E-state index contributed by atoms with van der Waals surface area (Å²) in [7, 11) is -3.18. The molecule has 0 N–H and O–H groups in total. The smallest absolute Gasteiger partial charge is 0.254 e. The van der Waals surface area contributed by atoms with Gasteiger partial charge in [0.2, 0.25) is 10.0 Å². The van der Waals surface area contributed by atoms with E-state index < -0.39 is 10.0 Å². The highest BCUT2D eigenvalue weighted by Crippen LogP contribution is 2.16. The lowest BCUT2D eigenvalue weighted by Gasteiger charge is -2.33. The number of carbonyl (C=O) groups excluding carboxylic acids is 1. The number of rotatable bonds is 5. The van der Waals surface area contributed by atoms with Gasteiger partial charge in [0, 0.05) is 31.7 Å². The quantitative estimate of drug-likeness (QED) is 0.815. The summed E-state index contributed by atoms with van der Waals surface area (Å²) in [6.45, 7) is 4.14. The van der Waals surface area contributed by atoms with Gasteiger partial charge in [0.15, 0.2) is 0 Å². The van der Waals surface area contributed by atoms with Gasteiger partial charge in [0.25, 0.3) is 5.91 Å². The summed E-state index contributed by atoms with van der Waals surface area (Å²) in [6, 6.07) is 7.12. The summed E-state index contributed by atoms with van der Waals surface area (Å²) in [5.41, 5.74) is 0.571. The van der Waals surface area contributed by atoms with Crippen molar-refractivity contribution in [1.82, 2.24) is 9.21 Å². The van der Waals surface area contributed by atoms with Crippen LogP contribution in [0.2, 0.25) is 0 Å². The van der Waals surface area contributed by atoms with E-state index in [1.807, 2.05) is 13.0 Å². The second kappa shape index (κ2) is 7.11. The number of benzene rings is 1. The molecule has 1 amide bonds. The van der Waals surface area contributed by atoms with Crippen LogP contribution < -0.4 is 4.74 Å². The van der Waals surface area contributed by atoms with Crippen molar-refractivity contribution in [2.75, 3.05) is 39.0 Å². The minimum Gasteiger partial charge on any atom is -0.494 e. The second-order valence-electron chi connectivity index (χ2n) is 5.33. The molecule has 2 rings (SSSR count). The molecule has 1 aromatic rings. The van der Waals surface area contributed by atoms with E-state index in [0.717, 1.165) is 6.42 Å². The van der Waals surface area contributed by atoms with Gasteiger partial charge in [-0.3, -0.25) is 4.79 Å². The predicted octanol–water partition coefficient (Wildman–Crippen LogP) is 1.19. The Bertz CT molecular complexity index is 622. The fourth-order valence-electron chi connectivity index (χ4n) is 2.34. The van der Waals surface area contributed by atoms with Gasteiger partial charge in [0.05, 0.1) is 12.9 Å². The lowest BCUT2D eigenvalue weighted by molar-refractivity contribution is 0.0698. The molecule has 1 saturated heterocycles. The van der Waals surface area contributed by atoms with E-state index in [9.17, 15) is 13.2 Å². The standard InChI is InChI=1S/C15H22N2O4S/c1-3-11-21-14-6-4-5-13(12-14)15(18)16-7-9-17(10-8-16)22(2,19)20/h4-6,12H,3,7-11H2,1-2H3. The first-order chi connectivity index (χ1) is 10.4. The fraction of sp³-hybridized carbons (Fsp3) is 0.533. The Morgan fingerprint density at radius 2 is 1.91 bits per heavy atom. The summed E-state index contributed by atoms with van der Waals surface area (Å²) in [5, 5.41) is 0. The highest BCUT2D eigenvalue weighted by atomic mass is 32.2. The number of sulfonamides is 1. The first-order valence-electron chi connectivity index (χ1n) is 7.39. The third-order valence-corrected chi connectivity index (χ3v) is 4.85. The van der Waals surface area contributed by atoms with Crippen LogP contribution in [0.3, 0.4) is 0 Å². The Hall–Kier alpha value is -1.60. The van der Waals surface area contributed by atoms with Crippen LogP contribution in [-0.4, -0.2) is 62.6 Å². The van der Waals surface area contributed by atoms with Crippen molar-refractivity contribution in [2.45, 2.75) is 13.3 Å². The van der Waals surface area contributed by atoms with Gasteiger partial charge in [-0.2, -0.15) is 4.31 Å². The molecule has 1 aliphatic heterocycles. The molecule has 1 fully saturated rings. The minimum absolute atomic E-state index is 0.0879. The number of ether oxygens (including phenoxy) is 1. The van der Waals surface area contributed by atoms with Crippen LogP contribution in [0.1, 0.15) is 23.7 Å². The van der Waals surface area contributed by atoms with Crippen molar-refractivity contribution < 1.29 is 17.9 Å². The number of hydrogen-bond donors (Lipinski definition) is 0. The zero-order valence-electron chi connectivity index (χ0n) is 13.0. The molecule has 0 unspecified atom stereocenters. The van der Waals surface area contributed by atoms with E-state index in [1.54, 1.807) is 23.1 Å². The van der Waals surface area contributed by atoms with E-state index in [2.05, 4.69) is 0 Å². The van der Waals surface area contributed by atoms with Gasteiger partial charge < -0.3 is 9.64 Å². The van der Waals surface area contributed by atoms with Crippen LogP contribution in [0.15, 0.2) is 24.3 Å². The van der Waals surface area contributed by atoms with Crippen molar-refractivity contribution in [1.29, 1.82) is 0 Å². The highest BCUT2D eigenvalue weighted by molar-refractivity contribution is 7.88. The number of piperazine rings is 1. The predicted molar refractivity (Wildman–Crippen MR) is 84.5 cm³/mol. The SMILES string of the molecule is CCCOc1cccc(C(=O)N2CCN(S(C)(=O)=O)CC2)c1. The first kappa shape index (κ1) is 16.8. The van der Waals surface area contributed by atoms with Crippen molar-refractivity contribution >= 4 is 15.9 Å². The van der Waals surface area contributed by atoms with Crippen molar-refractivity contribution in [3.63, 3.8) is 0 Å².